The monoisotopic (exact) mass is 381 g/mol. The van der Waals surface area contributed by atoms with Gasteiger partial charge in [-0.25, -0.2) is 0 Å². The normalized spacial score (nSPS) is 13.6. The van der Waals surface area contributed by atoms with Crippen molar-refractivity contribution in [3.05, 3.63) is 56.3 Å². The molecule has 2 rings (SSSR count). The minimum absolute atomic E-state index is 0.0243. The van der Waals surface area contributed by atoms with Gasteiger partial charge in [-0.2, -0.15) is 0 Å². The third-order valence-corrected chi connectivity index (χ3v) is 5.53. The zero-order valence-corrected chi connectivity index (χ0v) is 16.6. The average molecular weight is 382 g/mol. The summed E-state index contributed by atoms with van der Waals surface area (Å²) in [5.74, 6) is -0.0619. The molecule has 0 aliphatic heterocycles. The number of carbonyl (C=O) groups is 2. The van der Waals surface area contributed by atoms with Gasteiger partial charge in [-0.05, 0) is 39.3 Å². The van der Waals surface area contributed by atoms with Gasteiger partial charge in [-0.3, -0.25) is 9.59 Å². The number of carbonyl (C=O) groups excluding carboxylic acids is 2. The minimum Gasteiger partial charge on any atom is -0.355 e. The highest BCUT2D eigenvalue weighted by Gasteiger charge is 2.28. The van der Waals surface area contributed by atoms with Crippen LogP contribution in [0.4, 0.5) is 0 Å². The number of H-pyrrole nitrogens is 1. The molecule has 25 heavy (non-hydrogen) atoms. The molecule has 0 aliphatic rings. The van der Waals surface area contributed by atoms with Gasteiger partial charge in [-0.15, -0.1) is 0 Å². The van der Waals surface area contributed by atoms with Crippen LogP contribution in [0.2, 0.25) is 10.0 Å². The Balaban J connectivity index is 2.24. The summed E-state index contributed by atoms with van der Waals surface area (Å²) in [7, 11) is 1.94. The Morgan fingerprint density at radius 3 is 2.44 bits per heavy atom. The van der Waals surface area contributed by atoms with Crippen LogP contribution in [0, 0.1) is 13.8 Å². The van der Waals surface area contributed by atoms with E-state index < -0.39 is 0 Å². The van der Waals surface area contributed by atoms with Crippen molar-refractivity contribution in [2.24, 2.45) is 0 Å². The van der Waals surface area contributed by atoms with Crippen molar-refractivity contribution < 1.29 is 14.5 Å². The molecule has 0 spiro atoms. The summed E-state index contributed by atoms with van der Waals surface area (Å²) in [4.78, 5) is 28.8. The first-order chi connectivity index (χ1) is 11.6. The largest absolute Gasteiger partial charge is 0.355 e. The van der Waals surface area contributed by atoms with E-state index in [2.05, 4.69) is 4.98 Å². The van der Waals surface area contributed by atoms with Gasteiger partial charge in [0.1, 0.15) is 6.54 Å². The molecule has 0 radical (unpaired) electrons. The van der Waals surface area contributed by atoms with Crippen LogP contribution < -0.4 is 4.90 Å². The van der Waals surface area contributed by atoms with Gasteiger partial charge in [0.05, 0.1) is 22.8 Å². The van der Waals surface area contributed by atoms with E-state index in [4.69, 9.17) is 23.2 Å². The fraction of sp³-hybridized carbons (Fsp3) is 0.368. The van der Waals surface area contributed by atoms with Crippen LogP contribution in [0.5, 0.6) is 0 Å². The van der Waals surface area contributed by atoms with Crippen molar-refractivity contribution in [1.82, 2.24) is 4.98 Å². The third-order valence-electron chi connectivity index (χ3n) is 4.67. The highest BCUT2D eigenvalue weighted by atomic mass is 35.5. The standard InChI is InChI=1S/C19H22Cl2N2O2/c1-10-16(13(4)24)11(2)22-18(10)19(25)12(3)23(5)9-14-7-6-8-15(20)17(14)21/h6-8,12,22H,9H2,1-5H3/p+1/t12-/m0/s1. The molecule has 0 saturated heterocycles. The maximum Gasteiger partial charge on any atom is 0.235 e. The van der Waals surface area contributed by atoms with Crippen LogP contribution in [-0.2, 0) is 6.54 Å². The summed E-state index contributed by atoms with van der Waals surface area (Å²) in [5.41, 5.74) is 3.46. The van der Waals surface area contributed by atoms with Gasteiger partial charge < -0.3 is 9.88 Å². The van der Waals surface area contributed by atoms with Crippen molar-refractivity contribution >= 4 is 34.8 Å². The van der Waals surface area contributed by atoms with Crippen molar-refractivity contribution in [3.8, 4) is 0 Å². The van der Waals surface area contributed by atoms with E-state index in [0.29, 0.717) is 27.8 Å². The van der Waals surface area contributed by atoms with E-state index in [9.17, 15) is 9.59 Å². The van der Waals surface area contributed by atoms with Crippen LogP contribution in [0.1, 0.15) is 51.5 Å². The van der Waals surface area contributed by atoms with Gasteiger partial charge in [0.25, 0.3) is 0 Å². The van der Waals surface area contributed by atoms with Gasteiger partial charge in [0.15, 0.2) is 11.8 Å². The molecule has 1 aromatic heterocycles. The van der Waals surface area contributed by atoms with E-state index in [-0.39, 0.29) is 17.6 Å². The van der Waals surface area contributed by atoms with Gasteiger partial charge in [0, 0.05) is 16.8 Å². The Morgan fingerprint density at radius 2 is 1.88 bits per heavy atom. The van der Waals surface area contributed by atoms with E-state index in [1.165, 1.54) is 6.92 Å². The van der Waals surface area contributed by atoms with Crippen LogP contribution in [-0.4, -0.2) is 29.6 Å². The Kier molecular flexibility index (Phi) is 6.09. The van der Waals surface area contributed by atoms with Crippen LogP contribution >= 0.6 is 23.2 Å². The molecule has 134 valence electrons. The number of rotatable bonds is 6. The first-order valence-corrected chi connectivity index (χ1v) is 8.90. The van der Waals surface area contributed by atoms with E-state index in [1.807, 2.05) is 40.0 Å². The van der Waals surface area contributed by atoms with E-state index >= 15 is 0 Å². The molecule has 4 nitrogen and oxygen atoms in total. The van der Waals surface area contributed by atoms with E-state index in [0.717, 1.165) is 21.7 Å². The topological polar surface area (TPSA) is 54.4 Å². The lowest BCUT2D eigenvalue weighted by atomic mass is 10.0. The molecule has 6 heteroatoms. The summed E-state index contributed by atoms with van der Waals surface area (Å²) >= 11 is 12.3. The molecule has 0 bridgehead atoms. The summed E-state index contributed by atoms with van der Waals surface area (Å²) in [6.45, 7) is 7.58. The zero-order valence-electron chi connectivity index (χ0n) is 15.1. The molecule has 0 aliphatic carbocycles. The lowest BCUT2D eigenvalue weighted by Gasteiger charge is -2.21. The summed E-state index contributed by atoms with van der Waals surface area (Å²) in [6, 6.07) is 5.20. The molecule has 0 fully saturated rings. The van der Waals surface area contributed by atoms with Crippen LogP contribution in [0.15, 0.2) is 18.2 Å². The fourth-order valence-electron chi connectivity index (χ4n) is 3.10. The van der Waals surface area contributed by atoms with Crippen molar-refractivity contribution in [3.63, 3.8) is 0 Å². The summed E-state index contributed by atoms with van der Waals surface area (Å²) < 4.78 is 0. The van der Waals surface area contributed by atoms with Gasteiger partial charge in [-0.1, -0.05) is 35.3 Å². The molecule has 2 N–H and O–H groups in total. The van der Waals surface area contributed by atoms with E-state index in [1.54, 1.807) is 6.07 Å². The molecule has 0 amide bonds. The Bertz CT molecular complexity index is 827. The van der Waals surface area contributed by atoms with Crippen LogP contribution in [0.3, 0.4) is 0 Å². The van der Waals surface area contributed by atoms with Crippen molar-refractivity contribution in [2.75, 3.05) is 7.05 Å². The third kappa shape index (κ3) is 3.97. The predicted octanol–water partition coefficient (Wildman–Crippen LogP) is 3.43. The van der Waals surface area contributed by atoms with Crippen molar-refractivity contribution in [1.29, 1.82) is 0 Å². The number of aryl methyl sites for hydroxylation is 1. The first-order valence-electron chi connectivity index (χ1n) is 8.14. The summed E-state index contributed by atoms with van der Waals surface area (Å²) in [6.07, 6.45) is 0. The Labute approximate surface area is 158 Å². The highest BCUT2D eigenvalue weighted by molar-refractivity contribution is 6.42. The minimum atomic E-state index is -0.299. The molecular formula is C19H23Cl2N2O2+. The number of benzene rings is 1. The second kappa shape index (κ2) is 7.73. The molecule has 2 atom stereocenters. The quantitative estimate of drug-likeness (QED) is 0.753. The zero-order chi connectivity index (χ0) is 18.9. The smallest absolute Gasteiger partial charge is 0.235 e. The highest BCUT2D eigenvalue weighted by Crippen LogP contribution is 2.25. The van der Waals surface area contributed by atoms with Gasteiger partial charge >= 0.3 is 0 Å². The Morgan fingerprint density at radius 1 is 1.24 bits per heavy atom. The number of ketones is 2. The molecular weight excluding hydrogens is 359 g/mol. The number of halogens is 2. The second-order valence-electron chi connectivity index (χ2n) is 6.50. The van der Waals surface area contributed by atoms with Crippen LogP contribution in [0.25, 0.3) is 0 Å². The maximum atomic E-state index is 12.9. The SMILES string of the molecule is CC(=O)c1c(C)[nH]c(C(=O)[C@H](C)[NH+](C)Cc2cccc(Cl)c2Cl)c1C. The number of hydrogen-bond acceptors (Lipinski definition) is 2. The number of likely N-dealkylation sites (N-methyl/N-ethyl adjacent to an activating group) is 1. The second-order valence-corrected chi connectivity index (χ2v) is 7.29. The lowest BCUT2D eigenvalue weighted by molar-refractivity contribution is -0.907. The molecule has 0 saturated carbocycles. The maximum absolute atomic E-state index is 12.9. The first kappa shape index (κ1) is 19.7. The molecule has 1 unspecified atom stereocenters. The number of aromatic amines is 1. The molecule has 2 aromatic rings. The number of Topliss-reactive ketones (excluding diaryl/α,β-unsaturated/α-hetero) is 2. The summed E-state index contributed by atoms with van der Waals surface area (Å²) in [5, 5.41) is 1.03. The predicted molar refractivity (Wildman–Crippen MR) is 101 cm³/mol. The number of nitrogens with one attached hydrogen (secondary N) is 2. The molecule has 1 aromatic carbocycles. The lowest BCUT2D eigenvalue weighted by Crippen LogP contribution is -3.12. The number of hydrogen-bond donors (Lipinski definition) is 2. The van der Waals surface area contributed by atoms with Gasteiger partial charge in [0.2, 0.25) is 5.78 Å². The Hall–Kier alpha value is -1.62. The van der Waals surface area contributed by atoms with Crippen molar-refractivity contribution in [2.45, 2.75) is 40.3 Å². The number of quaternary nitrogens is 1. The average Bonchev–Trinajstić information content (AvgIpc) is 2.85. The molecule has 1 heterocycles. The number of aromatic nitrogens is 1. The fourth-order valence-corrected chi connectivity index (χ4v) is 3.49.